The lowest BCUT2D eigenvalue weighted by molar-refractivity contribution is -0.136. The Morgan fingerprint density at radius 1 is 1.18 bits per heavy atom. The number of sulfone groups is 1. The van der Waals surface area contributed by atoms with Crippen LogP contribution in [0.1, 0.15) is 38.7 Å². The first-order chi connectivity index (χ1) is 13.3. The van der Waals surface area contributed by atoms with Crippen molar-refractivity contribution in [3.8, 4) is 0 Å². The van der Waals surface area contributed by atoms with E-state index in [-0.39, 0.29) is 28.7 Å². The number of amides is 1. The van der Waals surface area contributed by atoms with Crippen molar-refractivity contribution in [3.63, 3.8) is 0 Å². The molecule has 3 heterocycles. The van der Waals surface area contributed by atoms with Crippen LogP contribution < -0.4 is 5.32 Å². The zero-order valence-electron chi connectivity index (χ0n) is 16.3. The Morgan fingerprint density at radius 2 is 1.86 bits per heavy atom. The number of fused-ring (bicyclic) bond motifs is 1. The molecule has 2 fully saturated rings. The summed E-state index contributed by atoms with van der Waals surface area (Å²) in [7, 11) is -2.93. The lowest BCUT2D eigenvalue weighted by Gasteiger charge is -2.39. The van der Waals surface area contributed by atoms with Crippen LogP contribution in [0.4, 0.5) is 5.69 Å². The number of anilines is 1. The summed E-state index contributed by atoms with van der Waals surface area (Å²) < 4.78 is 23.3. The molecule has 0 bridgehead atoms. The largest absolute Gasteiger partial charge is 0.337 e. The van der Waals surface area contributed by atoms with Crippen molar-refractivity contribution in [3.05, 3.63) is 29.8 Å². The van der Waals surface area contributed by atoms with Crippen molar-refractivity contribution >= 4 is 38.4 Å². The number of amidine groups is 1. The molecule has 1 aromatic carbocycles. The number of benzene rings is 1. The Balaban J connectivity index is 1.35. The standard InChI is InChI=1S/C20H27N3O3S2/c1-13-4-3-5-14(2)23(13)19(24)10-15-6-8-16(9-7-15)21-20-22-17-11-28(25,26)12-18(17)27-20/h6-9,13-14,17-18H,3-5,10-12H2,1-2H3,(H,21,22)/t13-,14-,17-,18-/m1/s1. The molecule has 8 heteroatoms. The summed E-state index contributed by atoms with van der Waals surface area (Å²) in [6.45, 7) is 4.28. The van der Waals surface area contributed by atoms with Crippen LogP contribution in [0.15, 0.2) is 29.3 Å². The predicted molar refractivity (Wildman–Crippen MR) is 115 cm³/mol. The third-order valence-corrected chi connectivity index (χ3v) is 9.00. The highest BCUT2D eigenvalue weighted by Gasteiger charge is 2.42. The molecule has 1 amide bonds. The minimum absolute atomic E-state index is 0.0397. The third kappa shape index (κ3) is 4.22. The van der Waals surface area contributed by atoms with Gasteiger partial charge in [0.15, 0.2) is 15.0 Å². The predicted octanol–water partition coefficient (Wildman–Crippen LogP) is 2.70. The van der Waals surface area contributed by atoms with Crippen molar-refractivity contribution in [2.45, 2.75) is 62.9 Å². The van der Waals surface area contributed by atoms with Crippen molar-refractivity contribution in [2.75, 3.05) is 16.8 Å². The Bertz CT molecular complexity index is 872. The van der Waals surface area contributed by atoms with Crippen LogP contribution in [0, 0.1) is 0 Å². The van der Waals surface area contributed by atoms with E-state index in [4.69, 9.17) is 0 Å². The fraction of sp³-hybridized carbons (Fsp3) is 0.600. The van der Waals surface area contributed by atoms with E-state index >= 15 is 0 Å². The first-order valence-corrected chi connectivity index (χ1v) is 12.6. The van der Waals surface area contributed by atoms with Crippen LogP contribution in [-0.2, 0) is 21.1 Å². The van der Waals surface area contributed by atoms with Gasteiger partial charge in [-0.15, -0.1) is 0 Å². The highest BCUT2D eigenvalue weighted by atomic mass is 32.2. The Hall–Kier alpha value is -1.54. The Morgan fingerprint density at radius 3 is 2.50 bits per heavy atom. The summed E-state index contributed by atoms with van der Waals surface area (Å²) in [5, 5.41) is 4.10. The topological polar surface area (TPSA) is 78.8 Å². The van der Waals surface area contributed by atoms with Crippen LogP contribution in [0.3, 0.4) is 0 Å². The molecule has 2 saturated heterocycles. The third-order valence-electron chi connectivity index (χ3n) is 5.86. The molecular weight excluding hydrogens is 394 g/mol. The van der Waals surface area contributed by atoms with Gasteiger partial charge in [0.25, 0.3) is 0 Å². The van der Waals surface area contributed by atoms with Crippen LogP contribution >= 0.6 is 11.8 Å². The van der Waals surface area contributed by atoms with Gasteiger partial charge in [-0.1, -0.05) is 23.9 Å². The van der Waals surface area contributed by atoms with Gasteiger partial charge in [-0.25, -0.2) is 8.42 Å². The van der Waals surface area contributed by atoms with Crippen LogP contribution in [0.25, 0.3) is 0 Å². The molecule has 0 spiro atoms. The smallest absolute Gasteiger partial charge is 0.227 e. The van der Waals surface area contributed by atoms with E-state index in [0.29, 0.717) is 18.5 Å². The summed E-state index contributed by atoms with van der Waals surface area (Å²) in [5.41, 5.74) is 1.91. The second-order valence-corrected chi connectivity index (χ2v) is 11.5. The molecular formula is C20H27N3O3S2. The number of piperidine rings is 1. The molecule has 4 atom stereocenters. The van der Waals surface area contributed by atoms with E-state index in [2.05, 4.69) is 24.2 Å². The van der Waals surface area contributed by atoms with Gasteiger partial charge < -0.3 is 10.2 Å². The molecule has 152 valence electrons. The molecule has 0 saturated carbocycles. The minimum atomic E-state index is -2.93. The van der Waals surface area contributed by atoms with Crippen molar-refractivity contribution in [1.29, 1.82) is 0 Å². The van der Waals surface area contributed by atoms with Gasteiger partial charge in [0.2, 0.25) is 5.91 Å². The highest BCUT2D eigenvalue weighted by molar-refractivity contribution is 8.15. The monoisotopic (exact) mass is 421 g/mol. The molecule has 3 aliphatic rings. The average Bonchev–Trinajstić information content (AvgIpc) is 3.09. The molecule has 0 radical (unpaired) electrons. The summed E-state index contributed by atoms with van der Waals surface area (Å²) >= 11 is 1.51. The summed E-state index contributed by atoms with van der Waals surface area (Å²) in [5.74, 6) is 0.570. The van der Waals surface area contributed by atoms with Crippen molar-refractivity contribution in [1.82, 2.24) is 4.90 Å². The fourth-order valence-corrected chi connectivity index (χ4v) is 8.10. The Labute approximate surface area is 171 Å². The SMILES string of the molecule is C[C@@H]1CCC[C@@H](C)N1C(=O)Cc1ccc(NC2=N[C@@H]3CS(=O)(=O)C[C@H]3S2)cc1. The molecule has 1 N–H and O–H groups in total. The van der Waals surface area contributed by atoms with Gasteiger partial charge in [-0.05, 0) is 50.8 Å². The first kappa shape index (κ1) is 19.8. The lowest BCUT2D eigenvalue weighted by Crippen LogP contribution is -2.48. The maximum absolute atomic E-state index is 12.8. The van der Waals surface area contributed by atoms with E-state index in [1.54, 1.807) is 0 Å². The molecule has 1 aromatic rings. The number of hydrogen-bond donors (Lipinski definition) is 1. The molecule has 0 unspecified atom stereocenters. The van der Waals surface area contributed by atoms with Gasteiger partial charge in [-0.2, -0.15) is 0 Å². The van der Waals surface area contributed by atoms with E-state index in [9.17, 15) is 13.2 Å². The van der Waals surface area contributed by atoms with Crippen LogP contribution in [-0.4, -0.2) is 59.3 Å². The number of nitrogens with zero attached hydrogens (tertiary/aromatic N) is 2. The number of nitrogens with one attached hydrogen (secondary N) is 1. The van der Waals surface area contributed by atoms with E-state index < -0.39 is 9.84 Å². The maximum Gasteiger partial charge on any atom is 0.227 e. The molecule has 4 rings (SSSR count). The number of rotatable bonds is 3. The second-order valence-electron chi connectivity index (χ2n) is 8.16. The average molecular weight is 422 g/mol. The number of thioether (sulfide) groups is 1. The molecule has 3 aliphatic heterocycles. The second kappa shape index (κ2) is 7.71. The normalized spacial score (nSPS) is 31.4. The summed E-state index contributed by atoms with van der Waals surface area (Å²) in [4.78, 5) is 19.3. The highest BCUT2D eigenvalue weighted by Crippen LogP contribution is 2.34. The van der Waals surface area contributed by atoms with Gasteiger partial charge >= 0.3 is 0 Å². The fourth-order valence-electron chi connectivity index (χ4n) is 4.42. The van der Waals surface area contributed by atoms with Gasteiger partial charge in [0.1, 0.15) is 0 Å². The molecule has 0 aromatic heterocycles. The van der Waals surface area contributed by atoms with Crippen molar-refractivity contribution in [2.24, 2.45) is 4.99 Å². The zero-order chi connectivity index (χ0) is 19.9. The number of hydrogen-bond acceptors (Lipinski definition) is 6. The molecule has 0 aliphatic carbocycles. The van der Waals surface area contributed by atoms with Gasteiger partial charge in [0.05, 0.1) is 24.0 Å². The number of likely N-dealkylation sites (tertiary alicyclic amines) is 1. The molecule has 28 heavy (non-hydrogen) atoms. The lowest BCUT2D eigenvalue weighted by atomic mass is 9.96. The summed E-state index contributed by atoms with van der Waals surface area (Å²) in [6, 6.07) is 8.38. The number of carbonyl (C=O) groups excluding carboxylic acids is 1. The number of carbonyl (C=O) groups is 1. The zero-order valence-corrected chi connectivity index (χ0v) is 17.9. The van der Waals surface area contributed by atoms with Crippen LogP contribution in [0.5, 0.6) is 0 Å². The first-order valence-electron chi connectivity index (χ1n) is 9.93. The van der Waals surface area contributed by atoms with Crippen LogP contribution in [0.2, 0.25) is 0 Å². The summed E-state index contributed by atoms with van der Waals surface area (Å²) in [6.07, 6.45) is 3.79. The van der Waals surface area contributed by atoms with E-state index in [0.717, 1.165) is 29.3 Å². The number of aliphatic imine (C=N–C) groups is 1. The Kier molecular flexibility index (Phi) is 5.44. The van der Waals surface area contributed by atoms with Crippen molar-refractivity contribution < 1.29 is 13.2 Å². The maximum atomic E-state index is 12.8. The van der Waals surface area contributed by atoms with E-state index in [1.165, 1.54) is 18.2 Å². The minimum Gasteiger partial charge on any atom is -0.337 e. The van der Waals surface area contributed by atoms with Gasteiger partial charge in [-0.3, -0.25) is 9.79 Å². The molecule has 6 nitrogen and oxygen atoms in total. The van der Waals surface area contributed by atoms with E-state index in [1.807, 2.05) is 29.2 Å². The quantitative estimate of drug-likeness (QED) is 0.812. The van der Waals surface area contributed by atoms with Gasteiger partial charge in [0, 0.05) is 23.0 Å².